The molecule has 1 rings (SSSR count). The lowest BCUT2D eigenvalue weighted by atomic mass is 10.1. The molecule has 1 heterocycles. The van der Waals surface area contributed by atoms with E-state index in [-0.39, 0.29) is 11.3 Å². The zero-order chi connectivity index (χ0) is 12.5. The molecular formula is C8H7F2N3O2S. The zero-order valence-corrected chi connectivity index (χ0v) is 8.92. The van der Waals surface area contributed by atoms with E-state index in [0.717, 1.165) is 6.07 Å². The quantitative estimate of drug-likeness (QED) is 0.837. The van der Waals surface area contributed by atoms with Gasteiger partial charge in [-0.05, 0) is 13.0 Å². The first-order valence-corrected chi connectivity index (χ1v) is 5.54. The number of halogens is 2. The summed E-state index contributed by atoms with van der Waals surface area (Å²) in [5.41, 5.74) is -0.928. The highest BCUT2D eigenvalue weighted by Gasteiger charge is 2.24. The molecule has 5 nitrogen and oxygen atoms in total. The number of nitrogens with two attached hydrogens (primary N) is 1. The minimum Gasteiger partial charge on any atom is -0.238 e. The average molecular weight is 247 g/mol. The van der Waals surface area contributed by atoms with Crippen molar-refractivity contribution in [3.05, 3.63) is 22.9 Å². The Morgan fingerprint density at radius 2 is 2.12 bits per heavy atom. The van der Waals surface area contributed by atoms with Gasteiger partial charge in [0.1, 0.15) is 6.07 Å². The lowest BCUT2D eigenvalue weighted by Crippen LogP contribution is -2.17. The van der Waals surface area contributed by atoms with Crippen molar-refractivity contribution in [2.75, 3.05) is 0 Å². The summed E-state index contributed by atoms with van der Waals surface area (Å²) in [7, 11) is -4.33. The van der Waals surface area contributed by atoms with E-state index in [0.29, 0.717) is 0 Å². The van der Waals surface area contributed by atoms with Crippen molar-refractivity contribution < 1.29 is 17.2 Å². The van der Waals surface area contributed by atoms with E-state index in [4.69, 9.17) is 10.4 Å². The van der Waals surface area contributed by atoms with Crippen molar-refractivity contribution in [3.8, 4) is 6.07 Å². The van der Waals surface area contributed by atoms with Gasteiger partial charge in [-0.1, -0.05) is 0 Å². The molecule has 1 aromatic heterocycles. The van der Waals surface area contributed by atoms with Crippen molar-refractivity contribution in [2.24, 2.45) is 5.14 Å². The largest absolute Gasteiger partial charge is 0.266 e. The second kappa shape index (κ2) is 4.11. The first-order chi connectivity index (χ1) is 7.27. The van der Waals surface area contributed by atoms with Crippen LogP contribution in [-0.2, 0) is 10.0 Å². The van der Waals surface area contributed by atoms with Gasteiger partial charge in [0, 0.05) is 0 Å². The molecule has 0 saturated carbocycles. The van der Waals surface area contributed by atoms with Gasteiger partial charge in [0.15, 0.2) is 5.03 Å². The number of sulfonamides is 1. The maximum atomic E-state index is 12.5. The van der Waals surface area contributed by atoms with E-state index >= 15 is 0 Å². The fraction of sp³-hybridized carbons (Fsp3) is 0.250. The third-order valence-electron chi connectivity index (χ3n) is 1.83. The number of aromatic nitrogens is 1. The van der Waals surface area contributed by atoms with Crippen LogP contribution in [-0.4, -0.2) is 13.4 Å². The highest BCUT2D eigenvalue weighted by Crippen LogP contribution is 2.26. The van der Waals surface area contributed by atoms with Crippen molar-refractivity contribution >= 4 is 10.0 Å². The van der Waals surface area contributed by atoms with Crippen molar-refractivity contribution in [1.82, 2.24) is 4.98 Å². The van der Waals surface area contributed by atoms with Gasteiger partial charge in [-0.2, -0.15) is 5.26 Å². The van der Waals surface area contributed by atoms with Crippen LogP contribution in [0.4, 0.5) is 8.78 Å². The topological polar surface area (TPSA) is 96.8 Å². The number of pyridine rings is 1. The molecule has 2 N–H and O–H groups in total. The number of hydrogen-bond acceptors (Lipinski definition) is 4. The molecule has 16 heavy (non-hydrogen) atoms. The Kier molecular flexibility index (Phi) is 3.21. The lowest BCUT2D eigenvalue weighted by Gasteiger charge is -2.07. The summed E-state index contributed by atoms with van der Waals surface area (Å²) in [5, 5.41) is 12.5. The highest BCUT2D eigenvalue weighted by molar-refractivity contribution is 7.89. The molecule has 0 spiro atoms. The van der Waals surface area contributed by atoms with Crippen LogP contribution < -0.4 is 5.14 Å². The summed E-state index contributed by atoms with van der Waals surface area (Å²) in [4.78, 5) is 3.42. The van der Waals surface area contributed by atoms with Gasteiger partial charge in [0.2, 0.25) is 0 Å². The van der Waals surface area contributed by atoms with E-state index in [1.54, 1.807) is 6.07 Å². The Hall–Kier alpha value is -1.59. The van der Waals surface area contributed by atoms with Gasteiger partial charge in [0.25, 0.3) is 16.4 Å². The average Bonchev–Trinajstić information content (AvgIpc) is 2.15. The monoisotopic (exact) mass is 247 g/mol. The Labute approximate surface area is 90.6 Å². The zero-order valence-electron chi connectivity index (χ0n) is 8.11. The molecule has 0 unspecified atom stereocenters. The number of rotatable bonds is 2. The van der Waals surface area contributed by atoms with Gasteiger partial charge < -0.3 is 0 Å². The van der Waals surface area contributed by atoms with Crippen LogP contribution in [0.5, 0.6) is 0 Å². The molecule has 0 bridgehead atoms. The van der Waals surface area contributed by atoms with E-state index < -0.39 is 27.0 Å². The summed E-state index contributed by atoms with van der Waals surface area (Å²) < 4.78 is 47.1. The minimum atomic E-state index is -4.33. The van der Waals surface area contributed by atoms with Crippen molar-refractivity contribution in [2.45, 2.75) is 18.4 Å². The second-order valence-electron chi connectivity index (χ2n) is 2.97. The van der Waals surface area contributed by atoms with Crippen LogP contribution in [0.15, 0.2) is 11.1 Å². The maximum Gasteiger partial charge on any atom is 0.266 e. The van der Waals surface area contributed by atoms with Crippen LogP contribution >= 0.6 is 0 Å². The van der Waals surface area contributed by atoms with Gasteiger partial charge in [-0.3, -0.25) is 0 Å². The Morgan fingerprint density at radius 1 is 1.56 bits per heavy atom. The minimum absolute atomic E-state index is 0.0379. The molecule has 0 aliphatic rings. The summed E-state index contributed by atoms with van der Waals surface area (Å²) in [6.45, 7) is 1.34. The third kappa shape index (κ3) is 2.32. The van der Waals surface area contributed by atoms with E-state index in [1.165, 1.54) is 6.92 Å². The Bertz CT molecular complexity index is 563. The van der Waals surface area contributed by atoms with E-state index in [9.17, 15) is 17.2 Å². The number of primary sulfonamides is 1. The summed E-state index contributed by atoms with van der Waals surface area (Å²) in [6, 6.07) is 2.42. The number of hydrogen-bond donors (Lipinski definition) is 1. The first kappa shape index (κ1) is 12.5. The Morgan fingerprint density at radius 3 is 2.50 bits per heavy atom. The molecule has 86 valence electrons. The molecule has 0 radical (unpaired) electrons. The second-order valence-corrected chi connectivity index (χ2v) is 4.45. The van der Waals surface area contributed by atoms with Gasteiger partial charge in [-0.25, -0.2) is 27.3 Å². The predicted octanol–water partition coefficient (Wildman–Crippen LogP) is 0.847. The smallest absolute Gasteiger partial charge is 0.238 e. The van der Waals surface area contributed by atoms with Crippen LogP contribution in [0.2, 0.25) is 0 Å². The molecule has 0 atom stereocenters. The first-order valence-electron chi connectivity index (χ1n) is 4.00. The highest BCUT2D eigenvalue weighted by atomic mass is 32.2. The Balaban J connectivity index is 3.63. The van der Waals surface area contributed by atoms with E-state index in [2.05, 4.69) is 4.98 Å². The molecular weight excluding hydrogens is 240 g/mol. The molecule has 0 aliphatic heterocycles. The molecule has 0 saturated heterocycles. The number of alkyl halides is 2. The maximum absolute atomic E-state index is 12.5. The predicted molar refractivity (Wildman–Crippen MR) is 50.0 cm³/mol. The van der Waals surface area contributed by atoms with Crippen LogP contribution in [0.3, 0.4) is 0 Å². The molecule has 8 heteroatoms. The lowest BCUT2D eigenvalue weighted by molar-refractivity contribution is 0.147. The normalized spacial score (nSPS) is 11.5. The number of nitriles is 1. The fourth-order valence-electron chi connectivity index (χ4n) is 1.10. The molecule has 1 aromatic rings. The van der Waals surface area contributed by atoms with Gasteiger partial charge in [-0.15, -0.1) is 0 Å². The summed E-state index contributed by atoms with van der Waals surface area (Å²) in [5.74, 6) is 0. The molecule has 0 fully saturated rings. The fourth-order valence-corrected chi connectivity index (χ4v) is 1.84. The molecule has 0 aromatic carbocycles. The number of aryl methyl sites for hydroxylation is 1. The van der Waals surface area contributed by atoms with Crippen molar-refractivity contribution in [1.29, 1.82) is 5.26 Å². The van der Waals surface area contributed by atoms with Gasteiger partial charge >= 0.3 is 0 Å². The van der Waals surface area contributed by atoms with Gasteiger partial charge in [0.05, 0.1) is 16.8 Å². The summed E-state index contributed by atoms with van der Waals surface area (Å²) in [6.07, 6.45) is -3.06. The molecule has 0 amide bonds. The summed E-state index contributed by atoms with van der Waals surface area (Å²) >= 11 is 0. The van der Waals surface area contributed by atoms with E-state index in [1.807, 2.05) is 0 Å². The SMILES string of the molecule is Cc1nc(S(N)(=O)=O)c(C(F)F)cc1C#N. The molecule has 0 aliphatic carbocycles. The standard InChI is InChI=1S/C8H7F2N3O2S/c1-4-5(3-11)2-6(7(9)10)8(13-4)16(12,14)15/h2,7H,1H3,(H2,12,14,15). The van der Waals surface area contributed by atoms with Crippen LogP contribution in [0, 0.1) is 18.3 Å². The van der Waals surface area contributed by atoms with Crippen molar-refractivity contribution in [3.63, 3.8) is 0 Å². The number of nitrogens with zero attached hydrogens (tertiary/aromatic N) is 2. The van der Waals surface area contributed by atoms with Crippen LogP contribution in [0.1, 0.15) is 23.2 Å². The van der Waals surface area contributed by atoms with Crippen LogP contribution in [0.25, 0.3) is 0 Å². The third-order valence-corrected chi connectivity index (χ3v) is 2.70.